The molecule has 0 radical (unpaired) electrons. The fraction of sp³-hybridized carbons (Fsp3) is 0.118. The Kier molecular flexibility index (Phi) is 4.69. The van der Waals surface area contributed by atoms with E-state index in [9.17, 15) is 4.79 Å². The number of ether oxygens (including phenoxy) is 2. The third-order valence-electron chi connectivity index (χ3n) is 3.75. The molecule has 0 bridgehead atoms. The van der Waals surface area contributed by atoms with Crippen LogP contribution in [0.15, 0.2) is 42.7 Å². The number of thiazole rings is 1. The average molecular weight is 402 g/mol. The Labute approximate surface area is 162 Å². The van der Waals surface area contributed by atoms with Crippen molar-refractivity contribution in [3.8, 4) is 11.4 Å². The number of esters is 1. The number of aromatic nitrogens is 5. The molecule has 8 nitrogen and oxygen atoms in total. The molecule has 4 rings (SSSR count). The van der Waals surface area contributed by atoms with Crippen LogP contribution in [0.1, 0.15) is 15.4 Å². The van der Waals surface area contributed by atoms with Gasteiger partial charge < -0.3 is 9.47 Å². The molecule has 0 aliphatic heterocycles. The molecule has 0 saturated carbocycles. The second kappa shape index (κ2) is 7.29. The summed E-state index contributed by atoms with van der Waals surface area (Å²) in [6.45, 7) is 0.0632. The van der Waals surface area contributed by atoms with E-state index in [0.717, 1.165) is 10.2 Å². The van der Waals surface area contributed by atoms with E-state index in [2.05, 4.69) is 20.5 Å². The van der Waals surface area contributed by atoms with E-state index in [-0.39, 0.29) is 17.2 Å². The lowest BCUT2D eigenvalue weighted by Gasteiger charge is -2.11. The van der Waals surface area contributed by atoms with Crippen LogP contribution in [-0.2, 0) is 11.3 Å². The Morgan fingerprint density at radius 3 is 2.89 bits per heavy atom. The van der Waals surface area contributed by atoms with E-state index in [1.54, 1.807) is 6.07 Å². The molecular formula is C17H12ClN5O3S. The summed E-state index contributed by atoms with van der Waals surface area (Å²) in [5.74, 6) is -0.254. The summed E-state index contributed by atoms with van der Waals surface area (Å²) >= 11 is 7.75. The van der Waals surface area contributed by atoms with Gasteiger partial charge in [0.25, 0.3) is 0 Å². The molecule has 2 aromatic heterocycles. The quantitative estimate of drug-likeness (QED) is 0.474. The molecular weight excluding hydrogens is 390 g/mol. The predicted molar refractivity (Wildman–Crippen MR) is 99.5 cm³/mol. The molecule has 0 amide bonds. The van der Waals surface area contributed by atoms with Crippen LogP contribution in [0.5, 0.6) is 5.75 Å². The van der Waals surface area contributed by atoms with Crippen LogP contribution in [0.25, 0.3) is 15.9 Å². The van der Waals surface area contributed by atoms with Gasteiger partial charge in [-0.1, -0.05) is 23.7 Å². The number of halogens is 1. The summed E-state index contributed by atoms with van der Waals surface area (Å²) in [5, 5.41) is 11.9. The zero-order valence-electron chi connectivity index (χ0n) is 14.0. The highest BCUT2D eigenvalue weighted by atomic mass is 35.5. The second-order valence-corrected chi connectivity index (χ2v) is 6.93. The Bertz CT molecular complexity index is 1080. The Morgan fingerprint density at radius 2 is 2.15 bits per heavy atom. The number of hydrogen-bond donors (Lipinski definition) is 0. The molecule has 0 saturated heterocycles. The number of carbonyl (C=O) groups excluding carboxylic acids is 1. The first kappa shape index (κ1) is 17.4. The molecule has 2 heterocycles. The molecule has 0 fully saturated rings. The maximum atomic E-state index is 12.5. The summed E-state index contributed by atoms with van der Waals surface area (Å²) in [7, 11) is 1.46. The van der Waals surface area contributed by atoms with Crippen LogP contribution in [0, 0.1) is 0 Å². The Balaban J connectivity index is 1.56. The minimum Gasteiger partial charge on any atom is -0.496 e. The first-order chi connectivity index (χ1) is 13.2. The molecule has 0 unspecified atom stereocenters. The van der Waals surface area contributed by atoms with Crippen molar-refractivity contribution in [2.24, 2.45) is 0 Å². The van der Waals surface area contributed by atoms with E-state index in [1.165, 1.54) is 35.5 Å². The smallest absolute Gasteiger partial charge is 0.342 e. The van der Waals surface area contributed by atoms with Gasteiger partial charge in [-0.15, -0.1) is 16.4 Å². The van der Waals surface area contributed by atoms with Crippen LogP contribution >= 0.6 is 22.9 Å². The van der Waals surface area contributed by atoms with Crippen molar-refractivity contribution in [1.29, 1.82) is 0 Å². The van der Waals surface area contributed by atoms with Gasteiger partial charge in [0.15, 0.2) is 0 Å². The van der Waals surface area contributed by atoms with Crippen molar-refractivity contribution < 1.29 is 14.3 Å². The Hall–Kier alpha value is -3.04. The van der Waals surface area contributed by atoms with Crippen LogP contribution in [-0.4, -0.2) is 38.3 Å². The molecule has 0 atom stereocenters. The van der Waals surface area contributed by atoms with Crippen molar-refractivity contribution in [2.75, 3.05) is 7.11 Å². The average Bonchev–Trinajstić information content (AvgIpc) is 3.35. The largest absolute Gasteiger partial charge is 0.496 e. The van der Waals surface area contributed by atoms with Gasteiger partial charge in [-0.05, 0) is 28.6 Å². The molecule has 136 valence electrons. The van der Waals surface area contributed by atoms with Crippen molar-refractivity contribution in [2.45, 2.75) is 6.61 Å². The molecule has 4 aromatic rings. The highest BCUT2D eigenvalue weighted by molar-refractivity contribution is 7.18. The lowest BCUT2D eigenvalue weighted by atomic mass is 10.2. The second-order valence-electron chi connectivity index (χ2n) is 5.41. The maximum Gasteiger partial charge on any atom is 0.342 e. The van der Waals surface area contributed by atoms with Gasteiger partial charge in [-0.25, -0.2) is 9.78 Å². The number of tetrazole rings is 1. The van der Waals surface area contributed by atoms with Crippen LogP contribution in [0.2, 0.25) is 5.02 Å². The summed E-state index contributed by atoms with van der Waals surface area (Å²) in [6.07, 6.45) is 1.39. The molecule has 0 aliphatic rings. The van der Waals surface area contributed by atoms with Gasteiger partial charge in [-0.2, -0.15) is 4.68 Å². The number of nitrogens with zero attached hydrogens (tertiary/aromatic N) is 5. The van der Waals surface area contributed by atoms with Gasteiger partial charge in [0.2, 0.25) is 0 Å². The number of hydrogen-bond acceptors (Lipinski definition) is 8. The number of fused-ring (bicyclic) bond motifs is 1. The van der Waals surface area contributed by atoms with Crippen molar-refractivity contribution in [3.63, 3.8) is 0 Å². The van der Waals surface area contributed by atoms with Crippen LogP contribution < -0.4 is 4.74 Å². The predicted octanol–water partition coefficient (Wildman–Crippen LogP) is 3.29. The molecule has 10 heteroatoms. The van der Waals surface area contributed by atoms with Crippen molar-refractivity contribution in [1.82, 2.24) is 25.2 Å². The number of rotatable bonds is 5. The van der Waals surface area contributed by atoms with Gasteiger partial charge in [-0.3, -0.25) is 0 Å². The molecule has 2 aromatic carbocycles. The summed E-state index contributed by atoms with van der Waals surface area (Å²) in [4.78, 5) is 17.0. The van der Waals surface area contributed by atoms with Gasteiger partial charge in [0.1, 0.15) is 29.3 Å². The standard InChI is InChI=1S/C17H12ClN5O3S/c1-25-14-7-13(23-9-19-21-22-23)11(18)6-10(14)17(24)26-8-16-20-12-4-2-3-5-15(12)27-16/h2-7,9H,8H2,1H3. The number of para-hydroxylation sites is 1. The zero-order valence-corrected chi connectivity index (χ0v) is 15.6. The first-order valence-electron chi connectivity index (χ1n) is 7.78. The first-order valence-corrected chi connectivity index (χ1v) is 8.97. The van der Waals surface area contributed by atoms with E-state index in [1.807, 2.05) is 24.3 Å². The van der Waals surface area contributed by atoms with Gasteiger partial charge in [0, 0.05) is 6.07 Å². The van der Waals surface area contributed by atoms with Gasteiger partial charge >= 0.3 is 5.97 Å². The fourth-order valence-electron chi connectivity index (χ4n) is 2.51. The minimum absolute atomic E-state index is 0.0632. The summed E-state index contributed by atoms with van der Waals surface area (Å²) < 4.78 is 13.1. The highest BCUT2D eigenvalue weighted by Crippen LogP contribution is 2.30. The number of carbonyl (C=O) groups is 1. The molecule has 27 heavy (non-hydrogen) atoms. The SMILES string of the molecule is COc1cc(-n2cnnn2)c(Cl)cc1C(=O)OCc1nc2ccccc2s1. The molecule has 0 spiro atoms. The minimum atomic E-state index is -0.559. The van der Waals surface area contributed by atoms with E-state index in [4.69, 9.17) is 21.1 Å². The van der Waals surface area contributed by atoms with E-state index in [0.29, 0.717) is 16.4 Å². The van der Waals surface area contributed by atoms with Gasteiger partial charge in [0.05, 0.1) is 28.0 Å². The number of benzene rings is 2. The van der Waals surface area contributed by atoms with Crippen LogP contribution in [0.4, 0.5) is 0 Å². The summed E-state index contributed by atoms with van der Waals surface area (Å²) in [5.41, 5.74) is 1.57. The fourth-order valence-corrected chi connectivity index (χ4v) is 3.64. The van der Waals surface area contributed by atoms with Crippen LogP contribution in [0.3, 0.4) is 0 Å². The van der Waals surface area contributed by atoms with Crippen molar-refractivity contribution in [3.05, 3.63) is 58.3 Å². The van der Waals surface area contributed by atoms with Crippen molar-refractivity contribution >= 4 is 39.1 Å². The zero-order chi connectivity index (χ0) is 18.8. The normalized spacial score (nSPS) is 10.9. The third kappa shape index (κ3) is 3.46. The molecule has 0 N–H and O–H groups in total. The molecule has 0 aliphatic carbocycles. The monoisotopic (exact) mass is 401 g/mol. The van der Waals surface area contributed by atoms with E-state index < -0.39 is 5.97 Å². The Morgan fingerprint density at radius 1 is 1.30 bits per heavy atom. The lowest BCUT2D eigenvalue weighted by molar-refractivity contribution is 0.0469. The highest BCUT2D eigenvalue weighted by Gasteiger charge is 2.19. The third-order valence-corrected chi connectivity index (χ3v) is 5.06. The topological polar surface area (TPSA) is 92.0 Å². The summed E-state index contributed by atoms with van der Waals surface area (Å²) in [6, 6.07) is 10.8. The lowest BCUT2D eigenvalue weighted by Crippen LogP contribution is -2.08. The maximum absolute atomic E-state index is 12.5. The number of methoxy groups -OCH3 is 1. The van der Waals surface area contributed by atoms with E-state index >= 15 is 0 Å².